The van der Waals surface area contributed by atoms with E-state index in [1.165, 1.54) is 0 Å². The van der Waals surface area contributed by atoms with E-state index in [-0.39, 0.29) is 0 Å². The molecule has 1 unspecified atom stereocenters. The molecule has 4 heteroatoms. The first-order valence-corrected chi connectivity index (χ1v) is 5.20. The summed E-state index contributed by atoms with van der Waals surface area (Å²) in [6.45, 7) is 2.01. The summed E-state index contributed by atoms with van der Waals surface area (Å²) in [5.41, 5.74) is 1.76. The second-order valence-electron chi connectivity index (χ2n) is 3.48. The van der Waals surface area contributed by atoms with E-state index in [9.17, 15) is 4.79 Å². The predicted octanol–water partition coefficient (Wildman–Crippen LogP) is 1.60. The van der Waals surface area contributed by atoms with Gasteiger partial charge in [0, 0.05) is 0 Å². The fraction of sp³-hybridized carbons (Fsp3) is 0.417. The van der Waals surface area contributed by atoms with Crippen LogP contribution in [-0.4, -0.2) is 25.2 Å². The summed E-state index contributed by atoms with van der Waals surface area (Å²) >= 11 is 0. The topological polar surface area (TPSA) is 58.6 Å². The number of nitrogens with one attached hydrogen (secondary N) is 1. The van der Waals surface area contributed by atoms with E-state index >= 15 is 0 Å². The van der Waals surface area contributed by atoms with Gasteiger partial charge in [-0.1, -0.05) is 13.0 Å². The maximum absolute atomic E-state index is 11.0. The van der Waals surface area contributed by atoms with Crippen LogP contribution >= 0.6 is 0 Å². The summed E-state index contributed by atoms with van der Waals surface area (Å²) in [6.07, 6.45) is 0.813. The van der Waals surface area contributed by atoms with Gasteiger partial charge in [-0.15, -0.1) is 0 Å². The van der Waals surface area contributed by atoms with Gasteiger partial charge in [-0.2, -0.15) is 0 Å². The average molecular weight is 223 g/mol. The molecule has 2 N–H and O–H groups in total. The van der Waals surface area contributed by atoms with Crippen molar-refractivity contribution in [2.75, 3.05) is 14.2 Å². The average Bonchev–Trinajstić information content (AvgIpc) is 2.29. The van der Waals surface area contributed by atoms with Crippen LogP contribution in [0.1, 0.15) is 24.1 Å². The Hall–Kier alpha value is -1.55. The minimum atomic E-state index is -0.880. The van der Waals surface area contributed by atoms with Gasteiger partial charge in [0.2, 0.25) is 0 Å². The van der Waals surface area contributed by atoms with Gasteiger partial charge >= 0.3 is 5.97 Å². The van der Waals surface area contributed by atoms with Crippen LogP contribution in [0.3, 0.4) is 0 Å². The standard InChI is InChI=1S/C12H17NO3/c1-4-8-7-9(5-6-10(8)16-3)11(13-2)12(14)15/h5-7,11,13H,4H2,1-3H3,(H,14,15). The molecule has 0 radical (unpaired) electrons. The Morgan fingerprint density at radius 1 is 1.56 bits per heavy atom. The molecule has 88 valence electrons. The zero-order chi connectivity index (χ0) is 12.1. The Morgan fingerprint density at radius 3 is 2.69 bits per heavy atom. The molecule has 1 aromatic carbocycles. The van der Waals surface area contributed by atoms with Crippen molar-refractivity contribution in [1.82, 2.24) is 5.32 Å². The molecule has 0 fully saturated rings. The van der Waals surface area contributed by atoms with Gasteiger partial charge < -0.3 is 15.2 Å². The van der Waals surface area contributed by atoms with E-state index in [1.54, 1.807) is 26.3 Å². The van der Waals surface area contributed by atoms with Crippen molar-refractivity contribution in [3.63, 3.8) is 0 Å². The van der Waals surface area contributed by atoms with Crippen molar-refractivity contribution in [2.45, 2.75) is 19.4 Å². The fourth-order valence-corrected chi connectivity index (χ4v) is 1.69. The molecule has 1 atom stereocenters. The number of hydrogen-bond acceptors (Lipinski definition) is 3. The molecule has 0 aromatic heterocycles. The lowest BCUT2D eigenvalue weighted by Gasteiger charge is -2.14. The van der Waals surface area contributed by atoms with E-state index in [2.05, 4.69) is 5.32 Å². The number of ether oxygens (including phenoxy) is 1. The van der Waals surface area contributed by atoms with Crippen LogP contribution in [0.2, 0.25) is 0 Å². The molecule has 0 aliphatic heterocycles. The second kappa shape index (κ2) is 5.51. The Bertz CT molecular complexity index is 377. The predicted molar refractivity (Wildman–Crippen MR) is 61.8 cm³/mol. The molecule has 1 aromatic rings. The highest BCUT2D eigenvalue weighted by molar-refractivity contribution is 5.75. The molecule has 0 spiro atoms. The van der Waals surface area contributed by atoms with Crippen LogP contribution in [0.15, 0.2) is 18.2 Å². The van der Waals surface area contributed by atoms with Crippen LogP contribution in [0.5, 0.6) is 5.75 Å². The normalized spacial score (nSPS) is 12.2. The Labute approximate surface area is 95.2 Å². The molecule has 4 nitrogen and oxygen atoms in total. The first-order chi connectivity index (χ1) is 7.63. The lowest BCUT2D eigenvalue weighted by atomic mass is 10.0. The van der Waals surface area contributed by atoms with Gasteiger partial charge in [-0.3, -0.25) is 4.79 Å². The molecule has 0 saturated carbocycles. The number of carboxylic acids is 1. The van der Waals surface area contributed by atoms with E-state index in [4.69, 9.17) is 9.84 Å². The number of methoxy groups -OCH3 is 1. The maximum atomic E-state index is 11.0. The summed E-state index contributed by atoms with van der Waals surface area (Å²) in [4.78, 5) is 11.0. The molecule has 0 saturated heterocycles. The highest BCUT2D eigenvalue weighted by atomic mass is 16.5. The van der Waals surface area contributed by atoms with E-state index in [0.717, 1.165) is 23.3 Å². The summed E-state index contributed by atoms with van der Waals surface area (Å²) in [7, 11) is 3.25. The Balaban J connectivity index is 3.11. The number of hydrogen-bond donors (Lipinski definition) is 2. The van der Waals surface area contributed by atoms with Crippen LogP contribution in [-0.2, 0) is 11.2 Å². The molecular weight excluding hydrogens is 206 g/mol. The summed E-state index contributed by atoms with van der Waals surface area (Å²) in [5, 5.41) is 11.8. The summed E-state index contributed by atoms with van der Waals surface area (Å²) in [6, 6.07) is 4.78. The third-order valence-electron chi connectivity index (χ3n) is 2.55. The zero-order valence-corrected chi connectivity index (χ0v) is 9.78. The second-order valence-corrected chi connectivity index (χ2v) is 3.48. The first-order valence-electron chi connectivity index (χ1n) is 5.20. The molecular formula is C12H17NO3. The third-order valence-corrected chi connectivity index (χ3v) is 2.55. The minimum Gasteiger partial charge on any atom is -0.496 e. The van der Waals surface area contributed by atoms with E-state index < -0.39 is 12.0 Å². The molecule has 0 amide bonds. The lowest BCUT2D eigenvalue weighted by Crippen LogP contribution is -2.25. The minimum absolute atomic E-state index is 0.670. The van der Waals surface area contributed by atoms with E-state index in [1.807, 2.05) is 13.0 Å². The molecule has 0 bridgehead atoms. The van der Waals surface area contributed by atoms with Gasteiger partial charge in [-0.25, -0.2) is 0 Å². The molecule has 0 heterocycles. The molecule has 0 aliphatic rings. The largest absolute Gasteiger partial charge is 0.496 e. The van der Waals surface area contributed by atoms with Gasteiger partial charge in [0.25, 0.3) is 0 Å². The van der Waals surface area contributed by atoms with Crippen LogP contribution in [0.25, 0.3) is 0 Å². The number of rotatable bonds is 5. The lowest BCUT2D eigenvalue weighted by molar-refractivity contribution is -0.139. The summed E-state index contributed by atoms with van der Waals surface area (Å²) < 4.78 is 5.20. The van der Waals surface area contributed by atoms with Gasteiger partial charge in [0.05, 0.1) is 7.11 Å². The number of aliphatic carboxylic acids is 1. The smallest absolute Gasteiger partial charge is 0.325 e. The Kier molecular flexibility index (Phi) is 4.31. The zero-order valence-electron chi connectivity index (χ0n) is 9.78. The number of likely N-dealkylation sites (N-methyl/N-ethyl adjacent to an activating group) is 1. The Morgan fingerprint density at radius 2 is 2.25 bits per heavy atom. The van der Waals surface area contributed by atoms with Crippen molar-refractivity contribution in [1.29, 1.82) is 0 Å². The number of benzene rings is 1. The highest BCUT2D eigenvalue weighted by Crippen LogP contribution is 2.23. The van der Waals surface area contributed by atoms with Crippen LogP contribution < -0.4 is 10.1 Å². The summed E-state index contributed by atoms with van der Waals surface area (Å²) in [5.74, 6) is -0.0822. The SMILES string of the molecule is CCc1cc(C(NC)C(=O)O)ccc1OC. The van der Waals surface area contributed by atoms with Gasteiger partial charge in [0.15, 0.2) is 0 Å². The van der Waals surface area contributed by atoms with Gasteiger partial charge in [0.1, 0.15) is 11.8 Å². The van der Waals surface area contributed by atoms with Crippen molar-refractivity contribution >= 4 is 5.97 Å². The van der Waals surface area contributed by atoms with Crippen molar-refractivity contribution in [3.05, 3.63) is 29.3 Å². The van der Waals surface area contributed by atoms with Crippen molar-refractivity contribution in [2.24, 2.45) is 0 Å². The molecule has 16 heavy (non-hydrogen) atoms. The van der Waals surface area contributed by atoms with Crippen LogP contribution in [0, 0.1) is 0 Å². The molecule has 1 rings (SSSR count). The van der Waals surface area contributed by atoms with Gasteiger partial charge in [-0.05, 0) is 36.7 Å². The monoisotopic (exact) mass is 223 g/mol. The highest BCUT2D eigenvalue weighted by Gasteiger charge is 2.18. The van der Waals surface area contributed by atoms with Crippen LogP contribution in [0.4, 0.5) is 0 Å². The van der Waals surface area contributed by atoms with E-state index in [0.29, 0.717) is 0 Å². The fourth-order valence-electron chi connectivity index (χ4n) is 1.69. The quantitative estimate of drug-likeness (QED) is 0.796. The van der Waals surface area contributed by atoms with Crippen molar-refractivity contribution in [3.8, 4) is 5.75 Å². The first kappa shape index (κ1) is 12.5. The number of carboxylic acid groups (broad SMARTS) is 1. The number of carbonyl (C=O) groups is 1. The third kappa shape index (κ3) is 2.52. The molecule has 0 aliphatic carbocycles. The maximum Gasteiger partial charge on any atom is 0.325 e. The van der Waals surface area contributed by atoms with Crippen molar-refractivity contribution < 1.29 is 14.6 Å². The number of aryl methyl sites for hydroxylation is 1.